The van der Waals surface area contributed by atoms with Crippen LogP contribution >= 0.6 is 0 Å². The molecule has 0 bridgehead atoms. The lowest BCUT2D eigenvalue weighted by atomic mass is 9.98. The van der Waals surface area contributed by atoms with Gasteiger partial charge in [0, 0.05) is 19.6 Å². The Labute approximate surface area is 193 Å². The summed E-state index contributed by atoms with van der Waals surface area (Å²) in [5.74, 6) is -1.56. The Morgan fingerprint density at radius 2 is 1.64 bits per heavy atom. The summed E-state index contributed by atoms with van der Waals surface area (Å²) in [5.41, 5.74) is 4.54. The molecule has 0 saturated heterocycles. The van der Waals surface area contributed by atoms with E-state index in [4.69, 9.17) is 9.47 Å². The highest BCUT2D eigenvalue weighted by Gasteiger charge is 2.29. The van der Waals surface area contributed by atoms with Crippen molar-refractivity contribution in [1.82, 2.24) is 10.6 Å². The molecule has 0 heterocycles. The Kier molecular flexibility index (Phi) is 8.43. The zero-order valence-corrected chi connectivity index (χ0v) is 18.9. The molecule has 2 unspecified atom stereocenters. The molecule has 2 amide bonds. The minimum atomic E-state index is -1.07. The minimum absolute atomic E-state index is 0.0429. The van der Waals surface area contributed by atoms with Gasteiger partial charge < -0.3 is 25.2 Å². The average molecular weight is 455 g/mol. The van der Waals surface area contributed by atoms with Crippen LogP contribution in [0.15, 0.2) is 48.5 Å². The molecule has 3 rings (SSSR count). The number of hydrogen-bond donors (Lipinski definition) is 3. The largest absolute Gasteiger partial charge is 0.480 e. The molecule has 33 heavy (non-hydrogen) atoms. The van der Waals surface area contributed by atoms with Gasteiger partial charge in [-0.05, 0) is 28.7 Å². The predicted molar refractivity (Wildman–Crippen MR) is 123 cm³/mol. The summed E-state index contributed by atoms with van der Waals surface area (Å²) in [6, 6.07) is 15.2. The van der Waals surface area contributed by atoms with E-state index in [0.717, 1.165) is 22.3 Å². The number of aliphatic carboxylic acids is 1. The highest BCUT2D eigenvalue weighted by Crippen LogP contribution is 2.44. The first-order valence-electron chi connectivity index (χ1n) is 11.1. The van der Waals surface area contributed by atoms with Crippen molar-refractivity contribution in [3.05, 3.63) is 59.7 Å². The van der Waals surface area contributed by atoms with E-state index in [0.29, 0.717) is 12.8 Å². The molecule has 176 valence electrons. The van der Waals surface area contributed by atoms with Gasteiger partial charge in [0.15, 0.2) is 0 Å². The zero-order valence-electron chi connectivity index (χ0n) is 18.9. The van der Waals surface area contributed by atoms with Crippen molar-refractivity contribution in [3.8, 4) is 11.1 Å². The molecule has 0 aromatic heterocycles. The first kappa shape index (κ1) is 24.3. The molecule has 8 heteroatoms. The van der Waals surface area contributed by atoms with Gasteiger partial charge in [-0.15, -0.1) is 0 Å². The Morgan fingerprint density at radius 1 is 1.03 bits per heavy atom. The Morgan fingerprint density at radius 3 is 2.18 bits per heavy atom. The number of benzene rings is 2. The van der Waals surface area contributed by atoms with Crippen LogP contribution in [0.2, 0.25) is 0 Å². The molecule has 0 spiro atoms. The third-order valence-electron chi connectivity index (χ3n) is 5.77. The molecule has 0 fully saturated rings. The van der Waals surface area contributed by atoms with Crippen molar-refractivity contribution >= 4 is 18.0 Å². The number of rotatable bonds is 11. The van der Waals surface area contributed by atoms with Crippen LogP contribution in [0, 0.1) is 0 Å². The van der Waals surface area contributed by atoms with Crippen LogP contribution in [0.3, 0.4) is 0 Å². The third kappa shape index (κ3) is 6.10. The molecule has 2 aromatic rings. The molecular formula is C25H30N2O6. The fraction of sp³-hybridized carbons (Fsp3) is 0.400. The molecule has 8 nitrogen and oxygen atoms in total. The van der Waals surface area contributed by atoms with E-state index in [1.807, 2.05) is 43.3 Å². The summed E-state index contributed by atoms with van der Waals surface area (Å²) in [6.45, 7) is 2.10. The van der Waals surface area contributed by atoms with Gasteiger partial charge in [0.1, 0.15) is 12.6 Å². The Bertz CT molecular complexity index is 947. The van der Waals surface area contributed by atoms with E-state index in [9.17, 15) is 19.5 Å². The molecule has 0 saturated carbocycles. The van der Waals surface area contributed by atoms with Crippen LogP contribution in [0.4, 0.5) is 4.79 Å². The maximum Gasteiger partial charge on any atom is 0.407 e. The van der Waals surface area contributed by atoms with Crippen LogP contribution in [0.5, 0.6) is 0 Å². The van der Waals surface area contributed by atoms with Gasteiger partial charge in [0.25, 0.3) is 0 Å². The fourth-order valence-corrected chi connectivity index (χ4v) is 4.09. The van der Waals surface area contributed by atoms with E-state index >= 15 is 0 Å². The molecule has 0 aliphatic heterocycles. The van der Waals surface area contributed by atoms with Crippen molar-refractivity contribution in [2.75, 3.05) is 20.3 Å². The monoisotopic (exact) mass is 454 g/mol. The van der Waals surface area contributed by atoms with Crippen molar-refractivity contribution in [3.63, 3.8) is 0 Å². The summed E-state index contributed by atoms with van der Waals surface area (Å²) in [4.78, 5) is 35.7. The van der Waals surface area contributed by atoms with Gasteiger partial charge in [0.2, 0.25) is 5.91 Å². The van der Waals surface area contributed by atoms with E-state index in [-0.39, 0.29) is 25.5 Å². The topological polar surface area (TPSA) is 114 Å². The second-order valence-corrected chi connectivity index (χ2v) is 8.02. The maximum atomic E-state index is 12.3. The number of ether oxygens (including phenoxy) is 2. The van der Waals surface area contributed by atoms with Crippen LogP contribution in [0.1, 0.15) is 43.2 Å². The average Bonchev–Trinajstić information content (AvgIpc) is 3.13. The summed E-state index contributed by atoms with van der Waals surface area (Å²) >= 11 is 0. The molecule has 3 N–H and O–H groups in total. The third-order valence-corrected chi connectivity index (χ3v) is 5.77. The quantitative estimate of drug-likeness (QED) is 0.480. The van der Waals surface area contributed by atoms with Gasteiger partial charge in [-0.2, -0.15) is 0 Å². The lowest BCUT2D eigenvalue weighted by Crippen LogP contribution is -2.43. The molecule has 1 aliphatic rings. The van der Waals surface area contributed by atoms with Crippen molar-refractivity contribution < 1.29 is 29.0 Å². The number of amides is 2. The van der Waals surface area contributed by atoms with Gasteiger partial charge in [-0.3, -0.25) is 4.79 Å². The highest BCUT2D eigenvalue weighted by atomic mass is 16.5. The standard InChI is InChI=1S/C25H30N2O6/c1-3-8-22(24(29)30)27-23(28)13-16(32-2)14-26-25(31)33-15-21-19-11-6-4-9-17(19)18-10-5-7-12-20(18)21/h4-7,9-12,16,21-22H,3,8,13-15H2,1-2H3,(H,26,31)(H,27,28)(H,29,30). The van der Waals surface area contributed by atoms with Crippen LogP contribution in [-0.2, 0) is 19.1 Å². The molecule has 0 radical (unpaired) electrons. The van der Waals surface area contributed by atoms with Gasteiger partial charge in [0.05, 0.1) is 12.5 Å². The normalized spacial score (nSPS) is 14.0. The Balaban J connectivity index is 1.50. The second-order valence-electron chi connectivity index (χ2n) is 8.02. The van der Waals surface area contributed by atoms with Gasteiger partial charge in [-0.1, -0.05) is 61.9 Å². The second kappa shape index (κ2) is 11.5. The number of nitrogens with one attached hydrogen (secondary N) is 2. The Hall–Kier alpha value is -3.39. The lowest BCUT2D eigenvalue weighted by molar-refractivity contribution is -0.142. The smallest absolute Gasteiger partial charge is 0.407 e. The van der Waals surface area contributed by atoms with E-state index in [2.05, 4.69) is 22.8 Å². The summed E-state index contributed by atoms with van der Waals surface area (Å²) < 4.78 is 10.7. The van der Waals surface area contributed by atoms with Crippen molar-refractivity contribution in [1.29, 1.82) is 0 Å². The minimum Gasteiger partial charge on any atom is -0.480 e. The number of carbonyl (C=O) groups is 3. The van der Waals surface area contributed by atoms with E-state index in [1.54, 1.807) is 0 Å². The maximum absolute atomic E-state index is 12.3. The van der Waals surface area contributed by atoms with Crippen LogP contribution in [-0.4, -0.2) is 55.5 Å². The molecule has 2 atom stereocenters. The zero-order chi connectivity index (χ0) is 23.8. The lowest BCUT2D eigenvalue weighted by Gasteiger charge is -2.19. The summed E-state index contributed by atoms with van der Waals surface area (Å²) in [5, 5.41) is 14.3. The first-order valence-corrected chi connectivity index (χ1v) is 11.1. The number of methoxy groups -OCH3 is 1. The predicted octanol–water partition coefficient (Wildman–Crippen LogP) is 3.30. The number of hydrogen-bond acceptors (Lipinski definition) is 5. The highest BCUT2D eigenvalue weighted by molar-refractivity contribution is 5.84. The number of carboxylic acids is 1. The SMILES string of the molecule is CCCC(NC(=O)CC(CNC(=O)OCC1c2ccccc2-c2ccccc21)OC)C(=O)O. The molecule has 2 aromatic carbocycles. The summed E-state index contributed by atoms with van der Waals surface area (Å²) in [6.07, 6.45) is -0.311. The number of fused-ring (bicyclic) bond motifs is 3. The fourth-order valence-electron chi connectivity index (χ4n) is 4.09. The molecular weight excluding hydrogens is 424 g/mol. The van der Waals surface area contributed by atoms with Crippen LogP contribution < -0.4 is 10.6 Å². The summed E-state index contributed by atoms with van der Waals surface area (Å²) in [7, 11) is 1.43. The van der Waals surface area contributed by atoms with Crippen LogP contribution in [0.25, 0.3) is 11.1 Å². The van der Waals surface area contributed by atoms with Gasteiger partial charge >= 0.3 is 12.1 Å². The van der Waals surface area contributed by atoms with E-state index < -0.39 is 30.1 Å². The van der Waals surface area contributed by atoms with Crippen molar-refractivity contribution in [2.24, 2.45) is 0 Å². The molecule has 1 aliphatic carbocycles. The number of carbonyl (C=O) groups excluding carboxylic acids is 2. The van der Waals surface area contributed by atoms with Gasteiger partial charge in [-0.25, -0.2) is 9.59 Å². The first-order chi connectivity index (χ1) is 15.9. The van der Waals surface area contributed by atoms with E-state index in [1.165, 1.54) is 7.11 Å². The van der Waals surface area contributed by atoms with Crippen molar-refractivity contribution in [2.45, 2.75) is 44.2 Å². The number of alkyl carbamates (subject to hydrolysis) is 1. The number of carboxylic acid groups (broad SMARTS) is 1.